The number of hydrogen-bond donors (Lipinski definition) is 1. The molecule has 5 heteroatoms. The van der Waals surface area contributed by atoms with Gasteiger partial charge in [-0.05, 0) is 37.0 Å². The van der Waals surface area contributed by atoms with Gasteiger partial charge in [-0.2, -0.15) is 0 Å². The third kappa shape index (κ3) is 3.01. The second kappa shape index (κ2) is 5.76. The summed E-state index contributed by atoms with van der Waals surface area (Å²) in [7, 11) is 1.64. The van der Waals surface area contributed by atoms with Gasteiger partial charge in [0.1, 0.15) is 11.9 Å². The van der Waals surface area contributed by atoms with E-state index in [1.54, 1.807) is 7.11 Å². The van der Waals surface area contributed by atoms with Gasteiger partial charge in [-0.1, -0.05) is 12.1 Å². The molecular weight excluding hydrogens is 270 g/mol. The van der Waals surface area contributed by atoms with Crippen molar-refractivity contribution >= 4 is 11.9 Å². The summed E-state index contributed by atoms with van der Waals surface area (Å²) in [5, 5.41) is 9.11. The van der Waals surface area contributed by atoms with Crippen LogP contribution < -0.4 is 4.74 Å². The SMILES string of the molecule is COc1cccc(CC2=NC3CC(C(=O)O)CCC3O2)c1. The lowest BCUT2D eigenvalue weighted by atomic mass is 9.84. The van der Waals surface area contributed by atoms with E-state index >= 15 is 0 Å². The summed E-state index contributed by atoms with van der Waals surface area (Å²) in [5.74, 6) is 0.526. The summed E-state index contributed by atoms with van der Waals surface area (Å²) >= 11 is 0. The molecule has 0 amide bonds. The smallest absolute Gasteiger partial charge is 0.306 e. The van der Waals surface area contributed by atoms with Crippen LogP contribution in [0.25, 0.3) is 0 Å². The summed E-state index contributed by atoms with van der Waals surface area (Å²) in [6.07, 6.45) is 2.72. The highest BCUT2D eigenvalue weighted by molar-refractivity contribution is 5.81. The van der Waals surface area contributed by atoms with Gasteiger partial charge in [0.2, 0.25) is 0 Å². The molecule has 1 saturated carbocycles. The molecule has 1 N–H and O–H groups in total. The Balaban J connectivity index is 1.67. The van der Waals surface area contributed by atoms with Crippen LogP contribution in [0.4, 0.5) is 0 Å². The Morgan fingerprint density at radius 1 is 1.48 bits per heavy atom. The van der Waals surface area contributed by atoms with Gasteiger partial charge in [0.15, 0.2) is 5.90 Å². The second-order valence-electron chi connectivity index (χ2n) is 5.62. The highest BCUT2D eigenvalue weighted by Crippen LogP contribution is 2.33. The molecule has 0 bridgehead atoms. The lowest BCUT2D eigenvalue weighted by Gasteiger charge is -2.26. The topological polar surface area (TPSA) is 68.1 Å². The fourth-order valence-electron chi connectivity index (χ4n) is 3.05. The average molecular weight is 289 g/mol. The molecule has 1 aliphatic heterocycles. The maximum atomic E-state index is 11.1. The first-order valence-corrected chi connectivity index (χ1v) is 7.25. The van der Waals surface area contributed by atoms with Crippen molar-refractivity contribution in [3.63, 3.8) is 0 Å². The number of carboxylic acid groups (broad SMARTS) is 1. The van der Waals surface area contributed by atoms with E-state index in [4.69, 9.17) is 14.6 Å². The monoisotopic (exact) mass is 289 g/mol. The zero-order chi connectivity index (χ0) is 14.8. The van der Waals surface area contributed by atoms with Crippen LogP contribution in [-0.2, 0) is 16.0 Å². The second-order valence-corrected chi connectivity index (χ2v) is 5.62. The number of ether oxygens (including phenoxy) is 2. The summed E-state index contributed by atoms with van der Waals surface area (Å²) < 4.78 is 11.1. The van der Waals surface area contributed by atoms with Crippen LogP contribution in [0.1, 0.15) is 24.8 Å². The minimum atomic E-state index is -0.718. The number of nitrogens with zero attached hydrogens (tertiary/aromatic N) is 1. The van der Waals surface area contributed by atoms with Crippen LogP contribution in [0.15, 0.2) is 29.3 Å². The lowest BCUT2D eigenvalue weighted by Crippen LogP contribution is -2.33. The van der Waals surface area contributed by atoms with Gasteiger partial charge in [-0.15, -0.1) is 0 Å². The number of rotatable bonds is 4. The van der Waals surface area contributed by atoms with Crippen LogP contribution >= 0.6 is 0 Å². The fourth-order valence-corrected chi connectivity index (χ4v) is 3.05. The number of aliphatic carboxylic acids is 1. The Hall–Kier alpha value is -2.04. The van der Waals surface area contributed by atoms with Crippen molar-refractivity contribution in [1.82, 2.24) is 0 Å². The van der Waals surface area contributed by atoms with E-state index < -0.39 is 5.97 Å². The molecular formula is C16H19NO4. The van der Waals surface area contributed by atoms with Crippen molar-refractivity contribution in [2.45, 2.75) is 37.8 Å². The maximum Gasteiger partial charge on any atom is 0.306 e. The van der Waals surface area contributed by atoms with Crippen LogP contribution in [0.2, 0.25) is 0 Å². The van der Waals surface area contributed by atoms with Crippen LogP contribution in [0.5, 0.6) is 5.75 Å². The molecule has 3 rings (SSSR count). The number of methoxy groups -OCH3 is 1. The van der Waals surface area contributed by atoms with Gasteiger partial charge in [0.05, 0.1) is 19.1 Å². The van der Waals surface area contributed by atoms with Gasteiger partial charge in [0, 0.05) is 6.42 Å². The molecule has 5 nitrogen and oxygen atoms in total. The molecule has 1 aromatic carbocycles. The van der Waals surface area contributed by atoms with E-state index in [9.17, 15) is 4.79 Å². The van der Waals surface area contributed by atoms with E-state index in [2.05, 4.69) is 4.99 Å². The first-order chi connectivity index (χ1) is 10.2. The number of carboxylic acids is 1. The quantitative estimate of drug-likeness (QED) is 0.923. The van der Waals surface area contributed by atoms with E-state index in [0.29, 0.717) is 25.2 Å². The van der Waals surface area contributed by atoms with Crippen molar-refractivity contribution in [3.8, 4) is 5.75 Å². The van der Waals surface area contributed by atoms with Gasteiger partial charge in [0.25, 0.3) is 0 Å². The minimum absolute atomic E-state index is 0.000424. The maximum absolute atomic E-state index is 11.1. The van der Waals surface area contributed by atoms with E-state index in [1.807, 2.05) is 24.3 Å². The number of aliphatic imine (C=N–C) groups is 1. The average Bonchev–Trinajstić information content (AvgIpc) is 2.88. The zero-order valence-corrected chi connectivity index (χ0v) is 12.0. The predicted octanol–water partition coefficient (Wildman–Crippen LogP) is 2.29. The van der Waals surface area contributed by atoms with Gasteiger partial charge in [-0.25, -0.2) is 4.99 Å². The Labute approximate surface area is 123 Å². The molecule has 0 saturated heterocycles. The predicted molar refractivity (Wildman–Crippen MR) is 77.8 cm³/mol. The summed E-state index contributed by atoms with van der Waals surface area (Å²) in [4.78, 5) is 15.7. The van der Waals surface area contributed by atoms with E-state index in [1.165, 1.54) is 0 Å². The molecule has 3 atom stereocenters. The highest BCUT2D eigenvalue weighted by atomic mass is 16.5. The highest BCUT2D eigenvalue weighted by Gasteiger charge is 2.39. The molecule has 3 unspecified atom stereocenters. The normalized spacial score (nSPS) is 27.5. The molecule has 21 heavy (non-hydrogen) atoms. The Bertz CT molecular complexity index is 569. The molecule has 0 aromatic heterocycles. The third-order valence-corrected chi connectivity index (χ3v) is 4.19. The molecule has 1 heterocycles. The fraction of sp³-hybridized carbons (Fsp3) is 0.500. The third-order valence-electron chi connectivity index (χ3n) is 4.19. The van der Waals surface area contributed by atoms with Crippen molar-refractivity contribution < 1.29 is 19.4 Å². The van der Waals surface area contributed by atoms with Crippen molar-refractivity contribution in [2.75, 3.05) is 7.11 Å². The Kier molecular flexibility index (Phi) is 3.82. The summed E-state index contributed by atoms with van der Waals surface area (Å²) in [6.45, 7) is 0. The molecule has 1 fully saturated rings. The standard InChI is InChI=1S/C16H19NO4/c1-20-12-4-2-3-10(7-12)8-15-17-13-9-11(16(18)19)5-6-14(13)21-15/h2-4,7,11,13-14H,5-6,8-9H2,1H3,(H,18,19). The van der Waals surface area contributed by atoms with E-state index in [-0.39, 0.29) is 18.1 Å². The van der Waals surface area contributed by atoms with Crippen molar-refractivity contribution in [2.24, 2.45) is 10.9 Å². The largest absolute Gasteiger partial charge is 0.497 e. The first-order valence-electron chi connectivity index (χ1n) is 7.25. The van der Waals surface area contributed by atoms with Crippen molar-refractivity contribution in [1.29, 1.82) is 0 Å². The van der Waals surface area contributed by atoms with Crippen LogP contribution in [-0.4, -0.2) is 36.2 Å². The van der Waals surface area contributed by atoms with Gasteiger partial charge in [-0.3, -0.25) is 4.79 Å². The molecule has 0 spiro atoms. The Morgan fingerprint density at radius 3 is 3.10 bits per heavy atom. The minimum Gasteiger partial charge on any atom is -0.497 e. The van der Waals surface area contributed by atoms with Gasteiger partial charge >= 0.3 is 5.97 Å². The first kappa shape index (κ1) is 13.9. The van der Waals surface area contributed by atoms with Crippen LogP contribution in [0, 0.1) is 5.92 Å². The zero-order valence-electron chi connectivity index (χ0n) is 12.0. The number of hydrogen-bond acceptors (Lipinski definition) is 4. The van der Waals surface area contributed by atoms with Crippen molar-refractivity contribution in [3.05, 3.63) is 29.8 Å². The number of benzene rings is 1. The summed E-state index contributed by atoms with van der Waals surface area (Å²) in [6, 6.07) is 7.82. The lowest BCUT2D eigenvalue weighted by molar-refractivity contribution is -0.143. The molecule has 1 aliphatic carbocycles. The number of carbonyl (C=O) groups is 1. The van der Waals surface area contributed by atoms with E-state index in [0.717, 1.165) is 17.7 Å². The molecule has 1 aromatic rings. The van der Waals surface area contributed by atoms with Gasteiger partial charge < -0.3 is 14.6 Å². The van der Waals surface area contributed by atoms with Crippen LogP contribution in [0.3, 0.4) is 0 Å². The molecule has 112 valence electrons. The molecule has 0 radical (unpaired) electrons. The molecule has 2 aliphatic rings. The number of fused-ring (bicyclic) bond motifs is 1. The summed E-state index contributed by atoms with van der Waals surface area (Å²) in [5.41, 5.74) is 1.08. The Morgan fingerprint density at radius 2 is 2.33 bits per heavy atom.